The lowest BCUT2D eigenvalue weighted by Gasteiger charge is -2.14. The molecular formula is C35H38Cl4N12O3. The van der Waals surface area contributed by atoms with Gasteiger partial charge in [0.15, 0.2) is 11.6 Å². The average molecular weight is 817 g/mol. The van der Waals surface area contributed by atoms with Crippen molar-refractivity contribution in [3.8, 4) is 11.6 Å². The average Bonchev–Trinajstić information content (AvgIpc) is 3.69. The van der Waals surface area contributed by atoms with Gasteiger partial charge in [-0.3, -0.25) is 28.6 Å². The van der Waals surface area contributed by atoms with Crippen LogP contribution >= 0.6 is 47.2 Å². The highest BCUT2D eigenvalue weighted by Gasteiger charge is 2.21. The number of carbonyl (C=O) groups is 1. The van der Waals surface area contributed by atoms with Gasteiger partial charge in [0.2, 0.25) is 0 Å². The second kappa shape index (κ2) is 19.6. The summed E-state index contributed by atoms with van der Waals surface area (Å²) in [5.74, 6) is 7.30. The molecule has 0 radical (unpaired) electrons. The van der Waals surface area contributed by atoms with E-state index in [1.165, 1.54) is 9.36 Å². The molecule has 1 aliphatic rings. The first-order valence-corrected chi connectivity index (χ1v) is 16.9. The van der Waals surface area contributed by atoms with Gasteiger partial charge >= 0.3 is 0 Å². The molecular weight excluding hydrogens is 778 g/mol. The molecule has 6 aromatic rings. The Labute approximate surface area is 331 Å². The molecule has 0 aliphatic carbocycles. The Hall–Kier alpha value is -5.45. The minimum Gasteiger partial charge on any atom is -0.393 e. The number of hydrogen-bond donors (Lipinski definition) is 3. The summed E-state index contributed by atoms with van der Waals surface area (Å²) in [5.41, 5.74) is 10.6. The lowest BCUT2D eigenvalue weighted by Crippen LogP contribution is -2.25. The molecule has 1 amide bonds. The molecule has 284 valence electrons. The lowest BCUT2D eigenvalue weighted by molar-refractivity contribution is -0.113. The number of aromatic nitrogens is 8. The molecule has 0 unspecified atom stereocenters. The van der Waals surface area contributed by atoms with E-state index in [0.29, 0.717) is 45.3 Å². The lowest BCUT2D eigenvalue weighted by atomic mass is 10.3. The van der Waals surface area contributed by atoms with Gasteiger partial charge in [0.25, 0.3) is 17.0 Å². The number of nitrogen functional groups attached to an aromatic ring is 2. The molecule has 19 heteroatoms. The van der Waals surface area contributed by atoms with Crippen LogP contribution in [0.2, 0.25) is 15.5 Å². The quantitative estimate of drug-likeness (QED) is 0.117. The molecule has 0 saturated heterocycles. The van der Waals surface area contributed by atoms with E-state index in [0.717, 1.165) is 17.0 Å². The number of anilines is 3. The van der Waals surface area contributed by atoms with E-state index < -0.39 is 0 Å². The van der Waals surface area contributed by atoms with Crippen molar-refractivity contribution in [2.24, 2.45) is 19.9 Å². The molecule has 0 bridgehead atoms. The fourth-order valence-corrected chi connectivity index (χ4v) is 5.26. The molecule has 5 N–H and O–H groups in total. The molecule has 15 nitrogen and oxygen atoms in total. The normalized spacial score (nSPS) is 11.5. The maximum Gasteiger partial charge on any atom is 0.296 e. The van der Waals surface area contributed by atoms with Crippen molar-refractivity contribution in [2.75, 3.05) is 22.6 Å². The zero-order valence-corrected chi connectivity index (χ0v) is 32.9. The summed E-state index contributed by atoms with van der Waals surface area (Å²) in [5, 5.41) is 1.21. The highest BCUT2D eigenvalue weighted by Crippen LogP contribution is 2.20. The monoisotopic (exact) mass is 814 g/mol. The number of amides is 1. The van der Waals surface area contributed by atoms with Crippen LogP contribution in [0.15, 0.2) is 106 Å². The van der Waals surface area contributed by atoms with Gasteiger partial charge in [-0.15, -0.1) is 12.4 Å². The topological polar surface area (TPSA) is 190 Å². The Morgan fingerprint density at radius 3 is 1.74 bits per heavy atom. The summed E-state index contributed by atoms with van der Waals surface area (Å²) in [7, 11) is 3.58. The molecule has 0 fully saturated rings. The summed E-state index contributed by atoms with van der Waals surface area (Å²) in [6.45, 7) is 6.19. The van der Waals surface area contributed by atoms with Crippen LogP contribution in [0.5, 0.6) is 0 Å². The number of pyridine rings is 4. The van der Waals surface area contributed by atoms with Gasteiger partial charge in [-0.25, -0.2) is 25.8 Å². The van der Waals surface area contributed by atoms with E-state index >= 15 is 0 Å². The van der Waals surface area contributed by atoms with E-state index in [1.54, 1.807) is 120 Å². The molecule has 0 aromatic carbocycles. The van der Waals surface area contributed by atoms with E-state index in [9.17, 15) is 14.4 Å². The molecule has 7 rings (SSSR count). The van der Waals surface area contributed by atoms with Crippen LogP contribution in [0, 0.1) is 13.8 Å². The van der Waals surface area contributed by atoms with Crippen molar-refractivity contribution >= 4 is 70.4 Å². The Bertz CT molecular complexity index is 2350. The molecule has 54 heavy (non-hydrogen) atoms. The van der Waals surface area contributed by atoms with Crippen molar-refractivity contribution in [2.45, 2.75) is 20.8 Å². The first kappa shape index (κ1) is 43.0. The van der Waals surface area contributed by atoms with Gasteiger partial charge in [-0.2, -0.15) is 9.36 Å². The van der Waals surface area contributed by atoms with Crippen LogP contribution in [0.3, 0.4) is 0 Å². The third kappa shape index (κ3) is 10.8. The first-order chi connectivity index (χ1) is 25.2. The van der Waals surface area contributed by atoms with Gasteiger partial charge in [-0.1, -0.05) is 59.1 Å². The summed E-state index contributed by atoms with van der Waals surface area (Å²) in [6, 6.07) is 22.6. The predicted octanol–water partition coefficient (Wildman–Crippen LogP) is 5.46. The number of hydrazine groups is 1. The highest BCUT2D eigenvalue weighted by molar-refractivity contribution is 6.30. The number of carbonyl (C=O) groups excluding carboxylic acids is 1. The molecule has 6 aromatic heterocycles. The Balaban J connectivity index is 0.000000195. The third-order valence-electron chi connectivity index (χ3n) is 7.62. The van der Waals surface area contributed by atoms with Gasteiger partial charge in [0, 0.05) is 44.7 Å². The van der Waals surface area contributed by atoms with Crippen molar-refractivity contribution < 1.29 is 4.79 Å². The van der Waals surface area contributed by atoms with E-state index in [4.69, 9.17) is 46.4 Å². The zero-order valence-electron chi connectivity index (χ0n) is 29.8. The molecule has 0 atom stereocenters. The van der Waals surface area contributed by atoms with E-state index in [2.05, 4.69) is 25.4 Å². The Kier molecular flexibility index (Phi) is 15.6. The van der Waals surface area contributed by atoms with Crippen LogP contribution in [0.1, 0.15) is 18.3 Å². The minimum absolute atomic E-state index is 0. The summed E-state index contributed by atoms with van der Waals surface area (Å²) in [6.07, 6.45) is 3.25. The zero-order chi connectivity index (χ0) is 38.8. The van der Waals surface area contributed by atoms with Crippen molar-refractivity contribution in [3.63, 3.8) is 0 Å². The maximum absolute atomic E-state index is 11.8. The fraction of sp³-hybridized carbons (Fsp3) is 0.171. The Morgan fingerprint density at radius 2 is 1.30 bits per heavy atom. The number of hydrogen-bond acceptors (Lipinski definition) is 10. The second-order valence-electron chi connectivity index (χ2n) is 11.3. The number of halogens is 4. The standard InChI is InChI=1S/C10H10ClN3O.C10H9ClN2O.C10H12N4O.C5H6ClN3.ClH/c1-7-6-10(15)14(13(7)2)9-5-3-4-8(11)12-9;1-7-5-10(14)13(6-7)9-4-2-3-8(11)12-9;1-7-9(11)10(15)14(13(7)2)8-5-3-4-6-12-8;6-4-2-1-3-5(8-4)9-7;/h3-6H,1-2H3;2-5H,6H2,1H3;3-6H,11H2,1-2H3;1-3H,7H2,(H,8,9);1H. The summed E-state index contributed by atoms with van der Waals surface area (Å²) < 4.78 is 6.35. The largest absolute Gasteiger partial charge is 0.393 e. The predicted molar refractivity (Wildman–Crippen MR) is 216 cm³/mol. The van der Waals surface area contributed by atoms with Crippen LogP contribution in [-0.4, -0.2) is 51.1 Å². The van der Waals surface area contributed by atoms with Crippen molar-refractivity contribution in [3.05, 3.63) is 144 Å². The number of rotatable bonds is 4. The minimum atomic E-state index is -0.228. The van der Waals surface area contributed by atoms with Crippen LogP contribution < -0.4 is 33.0 Å². The van der Waals surface area contributed by atoms with Crippen molar-refractivity contribution in [1.29, 1.82) is 0 Å². The number of nitrogens with one attached hydrogen (secondary N) is 1. The molecule has 0 saturated carbocycles. The van der Waals surface area contributed by atoms with Gasteiger partial charge < -0.3 is 11.2 Å². The second-order valence-corrected chi connectivity index (χ2v) is 12.5. The molecule has 1 aliphatic heterocycles. The number of nitrogens with zero attached hydrogens (tertiary/aromatic N) is 9. The summed E-state index contributed by atoms with van der Waals surface area (Å²) >= 11 is 17.0. The number of nitrogens with two attached hydrogens (primary N) is 2. The van der Waals surface area contributed by atoms with Gasteiger partial charge in [-0.05, 0) is 74.9 Å². The first-order valence-electron chi connectivity index (χ1n) is 15.8. The van der Waals surface area contributed by atoms with E-state index in [1.807, 2.05) is 19.9 Å². The smallest absolute Gasteiger partial charge is 0.296 e. The molecule has 0 spiro atoms. The SMILES string of the molecule is CC1=CC(=O)N(c2cccc(Cl)n2)C1.Cc1c(N)c(=O)n(-c2ccccn2)n1C.Cc1cc(=O)n(-c2cccc(Cl)n2)n1C.Cl.NNc1cccc(Cl)n1. The van der Waals surface area contributed by atoms with E-state index in [-0.39, 0.29) is 35.1 Å². The summed E-state index contributed by atoms with van der Waals surface area (Å²) in [4.78, 5) is 52.6. The highest BCUT2D eigenvalue weighted by atomic mass is 35.5. The van der Waals surface area contributed by atoms with Gasteiger partial charge in [0.05, 0.1) is 5.69 Å². The maximum atomic E-state index is 11.8. The van der Waals surface area contributed by atoms with Crippen LogP contribution in [0.4, 0.5) is 17.3 Å². The van der Waals surface area contributed by atoms with Crippen molar-refractivity contribution in [1.82, 2.24) is 38.7 Å². The Morgan fingerprint density at radius 1 is 0.722 bits per heavy atom. The number of aryl methyl sites for hydroxylation is 1. The van der Waals surface area contributed by atoms with Gasteiger partial charge in [0.1, 0.15) is 32.8 Å². The third-order valence-corrected chi connectivity index (χ3v) is 8.25. The fourth-order valence-electron chi connectivity index (χ4n) is 4.78. The van der Waals surface area contributed by atoms with Crippen LogP contribution in [0.25, 0.3) is 11.6 Å². The molecule has 7 heterocycles. The van der Waals surface area contributed by atoms with Crippen LogP contribution in [-0.2, 0) is 18.9 Å².